The molecule has 0 spiro atoms. The van der Waals surface area contributed by atoms with E-state index in [1.54, 1.807) is 0 Å². The molecule has 0 saturated heterocycles. The van der Waals surface area contributed by atoms with Crippen LogP contribution >= 0.6 is 0 Å². The molecule has 0 aliphatic rings. The first kappa shape index (κ1) is 36.6. The van der Waals surface area contributed by atoms with Gasteiger partial charge in [-0.1, -0.05) is 46.0 Å². The minimum absolute atomic E-state index is 0.0598. The normalized spacial score (nSPS) is 18.1. The first-order valence-electron chi connectivity index (χ1n) is 13.7. The lowest BCUT2D eigenvalue weighted by atomic mass is 10.0. The van der Waals surface area contributed by atoms with E-state index in [1.165, 1.54) is 0 Å². The van der Waals surface area contributed by atoms with Gasteiger partial charge >= 0.3 is 11.9 Å². The van der Waals surface area contributed by atoms with Crippen molar-refractivity contribution in [2.24, 2.45) is 0 Å². The zero-order valence-corrected chi connectivity index (χ0v) is 22.7. The van der Waals surface area contributed by atoms with Crippen molar-refractivity contribution in [2.45, 2.75) is 140 Å². The average Bonchev–Trinajstić information content (AvgIpc) is 2.85. The summed E-state index contributed by atoms with van der Waals surface area (Å²) in [7, 11) is 0. The molecule has 0 amide bonds. The third kappa shape index (κ3) is 17.3. The van der Waals surface area contributed by atoms with E-state index >= 15 is 0 Å². The van der Waals surface area contributed by atoms with E-state index in [4.69, 9.17) is 14.6 Å². The van der Waals surface area contributed by atoms with Crippen molar-refractivity contribution in [3.63, 3.8) is 0 Å². The zero-order valence-electron chi connectivity index (χ0n) is 22.7. The quantitative estimate of drug-likeness (QED) is 0.0603. The van der Waals surface area contributed by atoms with Crippen LogP contribution in [0.5, 0.6) is 0 Å². The molecule has 8 atom stereocenters. The van der Waals surface area contributed by atoms with Crippen LogP contribution in [0.15, 0.2) is 0 Å². The summed E-state index contributed by atoms with van der Waals surface area (Å²) in [5.74, 6) is -1.58. The fourth-order valence-electron chi connectivity index (χ4n) is 3.90. The standard InChI is InChI=1S/C26H50O12/c1-3-5-7-9-17(28)11-18(29)14-24(34)38-20(10-8-6-4-2)12-19(30)13-23(33)37-16-22(32)26(36)25(35)21(31)15-27/h17-22,25-32,35-36H,3-16H2,1-2H3/t17-,18-,19-,20+,21+,22-,25+,26-/m0/s1. The Labute approximate surface area is 225 Å². The molecule has 0 rings (SSSR count). The number of hydrogen-bond acceptors (Lipinski definition) is 12. The SMILES string of the molecule is CCCCC[C@H](O)C[C@H](O)CC(=O)O[C@H](CCCCC)C[C@H](O)CC(=O)OC[C@H](O)[C@H](O)[C@H](O)[C@H](O)CO. The van der Waals surface area contributed by atoms with Crippen molar-refractivity contribution in [1.82, 2.24) is 0 Å². The summed E-state index contributed by atoms with van der Waals surface area (Å²) >= 11 is 0. The molecule has 0 radical (unpaired) electrons. The van der Waals surface area contributed by atoms with E-state index in [9.17, 15) is 45.3 Å². The molecule has 8 N–H and O–H groups in total. The minimum atomic E-state index is -1.88. The van der Waals surface area contributed by atoms with Gasteiger partial charge in [-0.25, -0.2) is 0 Å². The van der Waals surface area contributed by atoms with Crippen LogP contribution in [-0.4, -0.2) is 115 Å². The van der Waals surface area contributed by atoms with Gasteiger partial charge in [0.2, 0.25) is 0 Å². The van der Waals surface area contributed by atoms with Crippen molar-refractivity contribution in [1.29, 1.82) is 0 Å². The van der Waals surface area contributed by atoms with Gasteiger partial charge in [-0.05, 0) is 25.7 Å². The summed E-state index contributed by atoms with van der Waals surface area (Å²) in [6.45, 7) is 2.48. The molecular formula is C26H50O12. The van der Waals surface area contributed by atoms with Crippen LogP contribution in [0.2, 0.25) is 0 Å². The highest BCUT2D eigenvalue weighted by molar-refractivity contribution is 5.70. The number of esters is 2. The lowest BCUT2D eigenvalue weighted by molar-refractivity contribution is -0.159. The van der Waals surface area contributed by atoms with Crippen LogP contribution in [0, 0.1) is 0 Å². The first-order valence-corrected chi connectivity index (χ1v) is 13.7. The van der Waals surface area contributed by atoms with Gasteiger partial charge in [0.15, 0.2) is 0 Å². The summed E-state index contributed by atoms with van der Waals surface area (Å²) in [5, 5.41) is 77.8. The summed E-state index contributed by atoms with van der Waals surface area (Å²) in [5.41, 5.74) is 0. The molecule has 0 unspecified atom stereocenters. The second-order valence-corrected chi connectivity index (χ2v) is 9.93. The predicted molar refractivity (Wildman–Crippen MR) is 137 cm³/mol. The molecule has 0 aliphatic carbocycles. The molecule has 0 saturated carbocycles. The zero-order chi connectivity index (χ0) is 29.1. The summed E-state index contributed by atoms with van der Waals surface area (Å²) < 4.78 is 10.3. The lowest BCUT2D eigenvalue weighted by Gasteiger charge is -2.25. The number of ether oxygens (including phenoxy) is 2. The maximum atomic E-state index is 12.4. The van der Waals surface area contributed by atoms with Crippen LogP contribution in [0.1, 0.15) is 90.9 Å². The number of unbranched alkanes of at least 4 members (excludes halogenated alkanes) is 4. The van der Waals surface area contributed by atoms with E-state index in [0.29, 0.717) is 12.8 Å². The fourth-order valence-corrected chi connectivity index (χ4v) is 3.90. The second kappa shape index (κ2) is 21.4. The Morgan fingerprint density at radius 2 is 1.18 bits per heavy atom. The summed E-state index contributed by atoms with van der Waals surface area (Å²) in [4.78, 5) is 24.4. The number of aliphatic hydroxyl groups excluding tert-OH is 8. The molecule has 226 valence electrons. The van der Waals surface area contributed by atoms with Gasteiger partial charge in [0.25, 0.3) is 0 Å². The Bertz CT molecular complexity index is 619. The Morgan fingerprint density at radius 1 is 0.658 bits per heavy atom. The van der Waals surface area contributed by atoms with E-state index in [0.717, 1.165) is 38.5 Å². The number of rotatable bonds is 23. The van der Waals surface area contributed by atoms with Gasteiger partial charge in [0, 0.05) is 6.42 Å². The van der Waals surface area contributed by atoms with Gasteiger partial charge < -0.3 is 50.3 Å². The monoisotopic (exact) mass is 554 g/mol. The van der Waals surface area contributed by atoms with Gasteiger partial charge in [-0.15, -0.1) is 0 Å². The Balaban J connectivity index is 4.69. The number of hydrogen-bond donors (Lipinski definition) is 8. The van der Waals surface area contributed by atoms with Crippen molar-refractivity contribution >= 4 is 11.9 Å². The maximum Gasteiger partial charge on any atom is 0.308 e. The largest absolute Gasteiger partial charge is 0.463 e. The predicted octanol–water partition coefficient (Wildman–Crippen LogP) is -0.319. The lowest BCUT2D eigenvalue weighted by Crippen LogP contribution is -2.47. The first-order chi connectivity index (χ1) is 17.9. The number of aliphatic hydroxyl groups is 8. The molecule has 12 heteroatoms. The average molecular weight is 555 g/mol. The highest BCUT2D eigenvalue weighted by Gasteiger charge is 2.31. The smallest absolute Gasteiger partial charge is 0.308 e. The van der Waals surface area contributed by atoms with Crippen LogP contribution in [0.25, 0.3) is 0 Å². The second-order valence-electron chi connectivity index (χ2n) is 9.93. The molecule has 0 fully saturated rings. The highest BCUT2D eigenvalue weighted by atomic mass is 16.6. The van der Waals surface area contributed by atoms with Crippen LogP contribution < -0.4 is 0 Å². The maximum absolute atomic E-state index is 12.4. The summed E-state index contributed by atoms with van der Waals surface area (Å²) in [6.07, 6.45) is -5.37. The fraction of sp³-hybridized carbons (Fsp3) is 0.923. The third-order valence-corrected chi connectivity index (χ3v) is 6.19. The van der Waals surface area contributed by atoms with Gasteiger partial charge in [0.1, 0.15) is 37.1 Å². The molecule has 0 heterocycles. The molecule has 0 aromatic heterocycles. The Kier molecular flexibility index (Phi) is 20.7. The molecule has 0 bridgehead atoms. The molecule has 12 nitrogen and oxygen atoms in total. The Hall–Kier alpha value is -1.38. The van der Waals surface area contributed by atoms with Gasteiger partial charge in [-0.2, -0.15) is 0 Å². The van der Waals surface area contributed by atoms with E-state index < -0.39 is 80.4 Å². The van der Waals surface area contributed by atoms with Crippen LogP contribution in [0.3, 0.4) is 0 Å². The minimum Gasteiger partial charge on any atom is -0.463 e. The van der Waals surface area contributed by atoms with Crippen LogP contribution in [-0.2, 0) is 19.1 Å². The molecule has 0 aromatic rings. The van der Waals surface area contributed by atoms with E-state index in [1.807, 2.05) is 13.8 Å². The van der Waals surface area contributed by atoms with Crippen molar-refractivity contribution < 1.29 is 59.9 Å². The molecule has 0 aliphatic heterocycles. The van der Waals surface area contributed by atoms with Gasteiger partial charge in [-0.3, -0.25) is 9.59 Å². The van der Waals surface area contributed by atoms with Gasteiger partial charge in [0.05, 0.1) is 37.8 Å². The van der Waals surface area contributed by atoms with Crippen LogP contribution in [0.4, 0.5) is 0 Å². The Morgan fingerprint density at radius 3 is 1.76 bits per heavy atom. The number of carbonyl (C=O) groups is 2. The van der Waals surface area contributed by atoms with Crippen molar-refractivity contribution in [3.05, 3.63) is 0 Å². The van der Waals surface area contributed by atoms with Crippen molar-refractivity contribution in [2.75, 3.05) is 13.2 Å². The molecule has 38 heavy (non-hydrogen) atoms. The van der Waals surface area contributed by atoms with Crippen molar-refractivity contribution in [3.8, 4) is 0 Å². The summed E-state index contributed by atoms with van der Waals surface area (Å²) in [6, 6.07) is 0. The number of carbonyl (C=O) groups excluding carboxylic acids is 2. The van der Waals surface area contributed by atoms with E-state index in [2.05, 4.69) is 0 Å². The highest BCUT2D eigenvalue weighted by Crippen LogP contribution is 2.17. The molecule has 0 aromatic carbocycles. The van der Waals surface area contributed by atoms with E-state index in [-0.39, 0.29) is 19.3 Å². The topological polar surface area (TPSA) is 214 Å². The molecular weight excluding hydrogens is 504 g/mol. The third-order valence-electron chi connectivity index (χ3n) is 6.19.